The lowest BCUT2D eigenvalue weighted by Gasteiger charge is -2.12. The van der Waals surface area contributed by atoms with E-state index in [1.807, 2.05) is 25.1 Å². The lowest BCUT2D eigenvalue weighted by molar-refractivity contribution is 0.101. The zero-order chi connectivity index (χ0) is 15.0. The van der Waals surface area contributed by atoms with E-state index in [0.29, 0.717) is 0 Å². The summed E-state index contributed by atoms with van der Waals surface area (Å²) in [4.78, 5) is 12.6. The first-order valence-electron chi connectivity index (χ1n) is 7.06. The van der Waals surface area contributed by atoms with Gasteiger partial charge >= 0.3 is 0 Å². The maximum absolute atomic E-state index is 12.6. The van der Waals surface area contributed by atoms with Crippen LogP contribution in [0.4, 0.5) is 5.69 Å². The molecule has 0 saturated heterocycles. The molecule has 2 aromatic heterocycles. The summed E-state index contributed by atoms with van der Waals surface area (Å²) in [5, 5.41) is 5.10. The fourth-order valence-corrected chi connectivity index (χ4v) is 3.40. The third-order valence-corrected chi connectivity index (χ3v) is 4.78. The van der Waals surface area contributed by atoms with Crippen LogP contribution in [0.5, 0.6) is 0 Å². The van der Waals surface area contributed by atoms with Crippen LogP contribution >= 0.6 is 11.3 Å². The normalized spacial score (nSPS) is 11.0. The second kappa shape index (κ2) is 5.37. The number of aryl methyl sites for hydroxylation is 2. The van der Waals surface area contributed by atoms with Gasteiger partial charge in [-0.05, 0) is 55.5 Å². The van der Waals surface area contributed by atoms with Gasteiger partial charge in [-0.2, -0.15) is 0 Å². The first-order chi connectivity index (χ1) is 10.1. The maximum Gasteiger partial charge on any atom is 0.272 e. The molecule has 1 amide bonds. The van der Waals surface area contributed by atoms with Crippen LogP contribution in [-0.2, 0) is 6.54 Å². The molecule has 108 valence electrons. The molecule has 0 spiro atoms. The van der Waals surface area contributed by atoms with Crippen LogP contribution in [0.2, 0.25) is 0 Å². The molecule has 1 aromatic carbocycles. The zero-order valence-corrected chi connectivity index (χ0v) is 13.3. The Morgan fingerprint density at radius 1 is 1.29 bits per heavy atom. The van der Waals surface area contributed by atoms with Crippen molar-refractivity contribution in [1.82, 2.24) is 4.57 Å². The molecular formula is C17H18N2OS. The van der Waals surface area contributed by atoms with E-state index in [1.165, 1.54) is 5.56 Å². The maximum atomic E-state index is 12.6. The van der Waals surface area contributed by atoms with Crippen LogP contribution in [0.3, 0.4) is 0 Å². The Morgan fingerprint density at radius 3 is 2.86 bits per heavy atom. The van der Waals surface area contributed by atoms with Gasteiger partial charge in [-0.25, -0.2) is 0 Å². The summed E-state index contributed by atoms with van der Waals surface area (Å²) in [6, 6.07) is 10.0. The predicted molar refractivity (Wildman–Crippen MR) is 89.4 cm³/mol. The topological polar surface area (TPSA) is 34.0 Å². The molecule has 0 radical (unpaired) electrons. The minimum atomic E-state index is -0.0473. The SMILES string of the molecule is CCn1c(C(=O)Nc2cccc(C)c2C)cc2sccc21. The molecule has 0 aliphatic rings. The van der Waals surface area contributed by atoms with Crippen molar-refractivity contribution in [2.45, 2.75) is 27.3 Å². The summed E-state index contributed by atoms with van der Waals surface area (Å²) >= 11 is 1.67. The average molecular weight is 298 g/mol. The molecule has 3 aromatic rings. The van der Waals surface area contributed by atoms with Gasteiger partial charge in [0.2, 0.25) is 0 Å². The number of amides is 1. The lowest BCUT2D eigenvalue weighted by Crippen LogP contribution is -2.17. The zero-order valence-electron chi connectivity index (χ0n) is 12.4. The van der Waals surface area contributed by atoms with Crippen molar-refractivity contribution in [1.29, 1.82) is 0 Å². The number of hydrogen-bond donors (Lipinski definition) is 1. The van der Waals surface area contributed by atoms with Gasteiger partial charge in [0.05, 0.1) is 10.2 Å². The fourth-order valence-electron chi connectivity index (χ4n) is 2.58. The molecule has 0 atom stereocenters. The molecular weight excluding hydrogens is 280 g/mol. The summed E-state index contributed by atoms with van der Waals surface area (Å²) in [6.45, 7) is 6.93. The number of rotatable bonds is 3. The number of benzene rings is 1. The highest BCUT2D eigenvalue weighted by Gasteiger charge is 2.16. The van der Waals surface area contributed by atoms with Gasteiger partial charge in [-0.1, -0.05) is 12.1 Å². The van der Waals surface area contributed by atoms with Crippen LogP contribution in [0, 0.1) is 13.8 Å². The Bertz CT molecular complexity index is 813. The van der Waals surface area contributed by atoms with Crippen LogP contribution in [0.1, 0.15) is 28.5 Å². The molecule has 0 bridgehead atoms. The monoisotopic (exact) mass is 298 g/mol. The van der Waals surface area contributed by atoms with E-state index in [-0.39, 0.29) is 5.91 Å². The molecule has 2 heterocycles. The van der Waals surface area contributed by atoms with E-state index >= 15 is 0 Å². The Morgan fingerprint density at radius 2 is 2.10 bits per heavy atom. The Hall–Kier alpha value is -2.07. The molecule has 4 heteroatoms. The Balaban J connectivity index is 1.97. The second-order valence-electron chi connectivity index (χ2n) is 5.15. The molecule has 21 heavy (non-hydrogen) atoms. The van der Waals surface area contributed by atoms with E-state index in [0.717, 1.165) is 33.7 Å². The van der Waals surface area contributed by atoms with Crippen molar-refractivity contribution in [3.63, 3.8) is 0 Å². The number of fused-ring (bicyclic) bond motifs is 1. The highest BCUT2D eigenvalue weighted by Crippen LogP contribution is 2.26. The third kappa shape index (κ3) is 2.36. The molecule has 3 nitrogen and oxygen atoms in total. The average Bonchev–Trinajstić information content (AvgIpc) is 3.03. The van der Waals surface area contributed by atoms with E-state index < -0.39 is 0 Å². The summed E-state index contributed by atoms with van der Waals surface area (Å²) in [6.07, 6.45) is 0. The van der Waals surface area contributed by atoms with Crippen molar-refractivity contribution in [2.24, 2.45) is 0 Å². The van der Waals surface area contributed by atoms with Crippen molar-refractivity contribution in [2.75, 3.05) is 5.32 Å². The number of thiophene rings is 1. The molecule has 0 aliphatic carbocycles. The van der Waals surface area contributed by atoms with E-state index in [4.69, 9.17) is 0 Å². The highest BCUT2D eigenvalue weighted by molar-refractivity contribution is 7.17. The molecule has 0 fully saturated rings. The Kier molecular flexibility index (Phi) is 3.55. The molecule has 3 rings (SSSR count). The van der Waals surface area contributed by atoms with Crippen molar-refractivity contribution >= 4 is 33.1 Å². The lowest BCUT2D eigenvalue weighted by atomic mass is 10.1. The number of anilines is 1. The van der Waals surface area contributed by atoms with Gasteiger partial charge in [-0.3, -0.25) is 4.79 Å². The summed E-state index contributed by atoms with van der Waals surface area (Å²) < 4.78 is 3.22. The number of carbonyl (C=O) groups excluding carboxylic acids is 1. The van der Waals surface area contributed by atoms with Gasteiger partial charge < -0.3 is 9.88 Å². The van der Waals surface area contributed by atoms with Crippen molar-refractivity contribution in [3.8, 4) is 0 Å². The third-order valence-electron chi connectivity index (χ3n) is 3.92. The highest BCUT2D eigenvalue weighted by atomic mass is 32.1. The summed E-state index contributed by atoms with van der Waals surface area (Å²) in [5.41, 5.74) is 5.03. The van der Waals surface area contributed by atoms with Crippen LogP contribution in [0.25, 0.3) is 10.2 Å². The van der Waals surface area contributed by atoms with Crippen LogP contribution in [0.15, 0.2) is 35.7 Å². The largest absolute Gasteiger partial charge is 0.336 e. The van der Waals surface area contributed by atoms with Crippen molar-refractivity contribution < 1.29 is 4.79 Å². The number of hydrogen-bond acceptors (Lipinski definition) is 2. The predicted octanol–water partition coefficient (Wildman–Crippen LogP) is 4.59. The van der Waals surface area contributed by atoms with Gasteiger partial charge in [0, 0.05) is 12.2 Å². The molecule has 0 unspecified atom stereocenters. The quantitative estimate of drug-likeness (QED) is 0.754. The summed E-state index contributed by atoms with van der Waals surface area (Å²) in [5.74, 6) is -0.0473. The van der Waals surface area contributed by atoms with Gasteiger partial charge in [0.1, 0.15) is 5.69 Å². The van der Waals surface area contributed by atoms with Crippen molar-refractivity contribution in [3.05, 3.63) is 52.5 Å². The minimum Gasteiger partial charge on any atom is -0.336 e. The number of aromatic nitrogens is 1. The number of nitrogens with one attached hydrogen (secondary N) is 1. The number of nitrogens with zero attached hydrogens (tertiary/aromatic N) is 1. The van der Waals surface area contributed by atoms with Gasteiger partial charge in [-0.15, -0.1) is 11.3 Å². The Labute approximate surface area is 128 Å². The molecule has 0 saturated carbocycles. The second-order valence-corrected chi connectivity index (χ2v) is 6.09. The van der Waals surface area contributed by atoms with Gasteiger partial charge in [0.25, 0.3) is 5.91 Å². The smallest absolute Gasteiger partial charge is 0.272 e. The van der Waals surface area contributed by atoms with E-state index in [9.17, 15) is 4.79 Å². The van der Waals surface area contributed by atoms with Gasteiger partial charge in [0.15, 0.2) is 0 Å². The van der Waals surface area contributed by atoms with E-state index in [1.54, 1.807) is 11.3 Å². The number of carbonyl (C=O) groups is 1. The minimum absolute atomic E-state index is 0.0473. The molecule has 1 N–H and O–H groups in total. The molecule has 0 aliphatic heterocycles. The first-order valence-corrected chi connectivity index (χ1v) is 7.94. The summed E-state index contributed by atoms with van der Waals surface area (Å²) in [7, 11) is 0. The van der Waals surface area contributed by atoms with Crippen LogP contribution in [-0.4, -0.2) is 10.5 Å². The standard InChI is InChI=1S/C17H18N2OS/c1-4-19-14-8-9-21-16(14)10-15(19)17(20)18-13-7-5-6-11(2)12(13)3/h5-10H,4H2,1-3H3,(H,18,20). The van der Waals surface area contributed by atoms with Crippen LogP contribution < -0.4 is 5.32 Å². The first kappa shape index (κ1) is 13.9. The fraction of sp³-hybridized carbons (Fsp3) is 0.235. The van der Waals surface area contributed by atoms with E-state index in [2.05, 4.69) is 41.2 Å².